The normalized spacial score (nSPS) is 57.7. The zero-order valence-electron chi connectivity index (χ0n) is 27.5. The first-order valence-corrected chi connectivity index (χ1v) is 20.0. The molecule has 0 N–H and O–H groups in total. The number of ether oxygens (including phenoxy) is 4. The molecule has 0 aromatic heterocycles. The molecule has 10 fully saturated rings. The molecule has 0 aromatic carbocycles. The zero-order chi connectivity index (χ0) is 30.5. The lowest BCUT2D eigenvalue weighted by Crippen LogP contribution is -2.70. The molecular weight excluding hydrogens is 601 g/mol. The molecule has 16 atom stereocenters. The minimum absolute atomic E-state index is 0.164. The third kappa shape index (κ3) is 4.77. The number of rotatable bonds is 7. The average Bonchev–Trinajstić information content (AvgIpc) is 3.37. The van der Waals surface area contributed by atoms with Crippen molar-refractivity contribution < 1.29 is 38.5 Å². The van der Waals surface area contributed by atoms with E-state index in [0.717, 1.165) is 61.5 Å². The van der Waals surface area contributed by atoms with Crippen LogP contribution in [0.4, 0.5) is 0 Å². The van der Waals surface area contributed by atoms with Crippen LogP contribution >= 0.6 is 23.5 Å². The van der Waals surface area contributed by atoms with Crippen molar-refractivity contribution in [2.24, 2.45) is 47.3 Å². The van der Waals surface area contributed by atoms with Gasteiger partial charge < -0.3 is 18.9 Å². The lowest BCUT2D eigenvalue weighted by molar-refractivity contribution is -0.570. The number of thioether (sulfide) groups is 2. The van der Waals surface area contributed by atoms with Crippen LogP contribution in [0.2, 0.25) is 0 Å². The predicted molar refractivity (Wildman–Crippen MR) is 168 cm³/mol. The molecule has 2 aliphatic carbocycles. The van der Waals surface area contributed by atoms with Gasteiger partial charge in [0.2, 0.25) is 11.6 Å². The summed E-state index contributed by atoms with van der Waals surface area (Å²) in [5.74, 6) is 6.39. The van der Waals surface area contributed by atoms with E-state index >= 15 is 0 Å². The minimum atomic E-state index is -0.709. The van der Waals surface area contributed by atoms with E-state index in [-0.39, 0.29) is 24.8 Å². The average molecular weight is 655 g/mol. The van der Waals surface area contributed by atoms with Gasteiger partial charge in [-0.15, -0.1) is 0 Å². The Morgan fingerprint density at radius 1 is 0.545 bits per heavy atom. The van der Waals surface area contributed by atoms with E-state index in [9.17, 15) is 0 Å². The molecule has 8 heterocycles. The Morgan fingerprint density at radius 2 is 0.977 bits per heavy atom. The second kappa shape index (κ2) is 11.5. The summed E-state index contributed by atoms with van der Waals surface area (Å²) in [6, 6.07) is 0. The largest absolute Gasteiger partial charge is 0.345 e. The number of fused-ring (bicyclic) bond motifs is 4. The maximum atomic E-state index is 6.80. The summed E-state index contributed by atoms with van der Waals surface area (Å²) in [4.78, 5) is 24.6. The number of hydrogen-bond acceptors (Lipinski definition) is 10. The summed E-state index contributed by atoms with van der Waals surface area (Å²) in [5, 5.41) is 0. The van der Waals surface area contributed by atoms with Gasteiger partial charge in [0.25, 0.3) is 0 Å². The van der Waals surface area contributed by atoms with Crippen LogP contribution in [0.5, 0.6) is 0 Å². The van der Waals surface area contributed by atoms with Gasteiger partial charge in [0.1, 0.15) is 0 Å². The van der Waals surface area contributed by atoms with Gasteiger partial charge in [0.15, 0.2) is 23.8 Å². The smallest absolute Gasteiger partial charge is 0.201 e. The predicted octanol–water partition coefficient (Wildman–Crippen LogP) is 6.95. The molecule has 8 nitrogen and oxygen atoms in total. The topological polar surface area (TPSA) is 73.8 Å². The molecule has 10 rings (SSSR count). The second-order valence-corrected chi connectivity index (χ2v) is 18.3. The minimum Gasteiger partial charge on any atom is -0.345 e. The lowest BCUT2D eigenvalue weighted by Gasteiger charge is -2.60. The van der Waals surface area contributed by atoms with E-state index in [1.54, 1.807) is 0 Å². The molecule has 250 valence electrons. The molecule has 10 aliphatic rings. The zero-order valence-corrected chi connectivity index (χ0v) is 29.1. The van der Waals surface area contributed by atoms with Gasteiger partial charge in [-0.05, 0) is 87.9 Å². The van der Waals surface area contributed by atoms with E-state index < -0.39 is 22.8 Å². The fourth-order valence-corrected chi connectivity index (χ4v) is 13.4. The Labute approximate surface area is 272 Å². The maximum absolute atomic E-state index is 6.80. The Balaban J connectivity index is 0.858. The SMILES string of the molecule is C[C@@H]1CC[C@H]2[C@@H](C)C(CSCCSCC3O[C@H]4O[C@@]5(C)CC[C@H]6[C@H](C)CC[C@@H]([C@H]3C)[C@@]46OO5)O[C@H]3O[C@@]4(C)CC[C@@H]1[C@]32OO4. The van der Waals surface area contributed by atoms with Crippen LogP contribution in [-0.2, 0) is 38.5 Å². The van der Waals surface area contributed by atoms with Crippen molar-refractivity contribution in [3.63, 3.8) is 0 Å². The second-order valence-electron chi connectivity index (χ2n) is 16.0. The molecular formula is C34H54O8S2. The quantitative estimate of drug-likeness (QED) is 0.213. The van der Waals surface area contributed by atoms with E-state index in [0.29, 0.717) is 47.3 Å². The molecule has 0 aromatic rings. The van der Waals surface area contributed by atoms with Gasteiger partial charge in [0, 0.05) is 47.7 Å². The molecule has 44 heavy (non-hydrogen) atoms. The van der Waals surface area contributed by atoms with Crippen LogP contribution in [0.1, 0.15) is 92.9 Å². The van der Waals surface area contributed by atoms with Crippen LogP contribution < -0.4 is 0 Å². The molecule has 2 unspecified atom stereocenters. The van der Waals surface area contributed by atoms with Crippen molar-refractivity contribution >= 4 is 23.5 Å². The summed E-state index contributed by atoms with van der Waals surface area (Å²) in [6.45, 7) is 13.5. The lowest BCUT2D eigenvalue weighted by atomic mass is 9.57. The summed E-state index contributed by atoms with van der Waals surface area (Å²) in [7, 11) is 0. The van der Waals surface area contributed by atoms with Crippen molar-refractivity contribution in [2.75, 3.05) is 23.0 Å². The molecule has 8 aliphatic heterocycles. The Bertz CT molecular complexity index is 1000. The third-order valence-electron chi connectivity index (χ3n) is 13.5. The first-order chi connectivity index (χ1) is 21.1. The van der Waals surface area contributed by atoms with Crippen molar-refractivity contribution in [1.29, 1.82) is 0 Å². The molecule has 0 amide bonds. The van der Waals surface area contributed by atoms with Gasteiger partial charge in [-0.25, -0.2) is 19.6 Å². The van der Waals surface area contributed by atoms with Crippen LogP contribution in [0, 0.1) is 47.3 Å². The Morgan fingerprint density at radius 3 is 1.41 bits per heavy atom. The van der Waals surface area contributed by atoms with Crippen LogP contribution in [0.3, 0.4) is 0 Å². The molecule has 10 heteroatoms. The van der Waals surface area contributed by atoms with Crippen molar-refractivity contribution in [3.8, 4) is 0 Å². The van der Waals surface area contributed by atoms with E-state index in [1.807, 2.05) is 37.4 Å². The van der Waals surface area contributed by atoms with Gasteiger partial charge in [-0.3, -0.25) is 0 Å². The molecule has 0 radical (unpaired) electrons. The molecule has 2 spiro atoms. The third-order valence-corrected chi connectivity index (χ3v) is 15.9. The highest BCUT2D eigenvalue weighted by atomic mass is 32.2. The summed E-state index contributed by atoms with van der Waals surface area (Å²) in [6.07, 6.45) is 8.33. The van der Waals surface area contributed by atoms with Gasteiger partial charge in [-0.1, -0.05) is 27.7 Å². The van der Waals surface area contributed by atoms with E-state index in [1.165, 1.54) is 12.8 Å². The highest BCUT2D eigenvalue weighted by molar-refractivity contribution is 8.02. The van der Waals surface area contributed by atoms with Crippen molar-refractivity contribution in [1.82, 2.24) is 0 Å². The van der Waals surface area contributed by atoms with Gasteiger partial charge in [0.05, 0.1) is 12.2 Å². The highest BCUT2D eigenvalue weighted by Gasteiger charge is 2.70. The Hall–Kier alpha value is 0.380. The van der Waals surface area contributed by atoms with Crippen LogP contribution in [0.25, 0.3) is 0 Å². The van der Waals surface area contributed by atoms with Crippen LogP contribution in [-0.4, -0.2) is 70.6 Å². The fraction of sp³-hybridized carbons (Fsp3) is 1.00. The number of hydrogen-bond donors (Lipinski definition) is 0. The molecule has 4 bridgehead atoms. The first-order valence-electron chi connectivity index (χ1n) is 17.6. The van der Waals surface area contributed by atoms with Crippen LogP contribution in [0.15, 0.2) is 0 Å². The monoisotopic (exact) mass is 654 g/mol. The Kier molecular flexibility index (Phi) is 8.25. The van der Waals surface area contributed by atoms with Gasteiger partial charge in [-0.2, -0.15) is 23.5 Å². The fourth-order valence-electron chi connectivity index (χ4n) is 10.9. The van der Waals surface area contributed by atoms with E-state index in [2.05, 4.69) is 27.7 Å². The standard InChI is InChI=1S/C34H54O8S2/c1-19-7-9-25-21(3)27(35-29-33(25)23(19)11-13-31(5,37-29)39-41-33)17-43-15-16-44-18-28-22(4)26-10-8-20(2)24-12-14-32(6)38-30(36-28)34(24,26)42-40-32/h19-30H,7-18H2,1-6H3/t19-,20-,21-,22-,23+,24+,25+,26+,27?,28?,29+,30+,31-,32-,33-,34-/m1/s1. The highest BCUT2D eigenvalue weighted by Crippen LogP contribution is 2.62. The summed E-state index contributed by atoms with van der Waals surface area (Å²) >= 11 is 4.03. The van der Waals surface area contributed by atoms with Crippen molar-refractivity contribution in [2.45, 2.75) is 140 Å². The molecule has 8 saturated heterocycles. The summed E-state index contributed by atoms with van der Waals surface area (Å²) in [5.41, 5.74) is -0.935. The first kappa shape index (κ1) is 31.6. The summed E-state index contributed by atoms with van der Waals surface area (Å²) < 4.78 is 26.7. The van der Waals surface area contributed by atoms with E-state index in [4.69, 9.17) is 38.5 Å². The van der Waals surface area contributed by atoms with Gasteiger partial charge >= 0.3 is 0 Å². The molecule has 2 saturated carbocycles. The van der Waals surface area contributed by atoms with Crippen molar-refractivity contribution in [3.05, 3.63) is 0 Å². The maximum Gasteiger partial charge on any atom is 0.201 e.